The highest BCUT2D eigenvalue weighted by Crippen LogP contribution is 2.33. The largest absolute Gasteiger partial charge is 0.481 e. The summed E-state index contributed by atoms with van der Waals surface area (Å²) in [6.07, 6.45) is 0.189. The van der Waals surface area contributed by atoms with E-state index in [0.29, 0.717) is 0 Å². The Labute approximate surface area is 105 Å². The third kappa shape index (κ3) is 2.79. The van der Waals surface area contributed by atoms with Crippen LogP contribution in [0.15, 0.2) is 16.6 Å². The fraction of sp³-hybridized carbons (Fsp3) is 0.300. The SMILES string of the molecule is CCC(C(=O)O)c1cc(Br)c(F)cc1[N+](=O)[O-]. The molecule has 0 saturated heterocycles. The lowest BCUT2D eigenvalue weighted by atomic mass is 9.95. The number of hydrogen-bond donors (Lipinski definition) is 1. The zero-order chi connectivity index (χ0) is 13.2. The van der Waals surface area contributed by atoms with Crippen LogP contribution in [0.25, 0.3) is 0 Å². The minimum atomic E-state index is -1.17. The van der Waals surface area contributed by atoms with Gasteiger partial charge in [0.25, 0.3) is 5.69 Å². The van der Waals surface area contributed by atoms with Gasteiger partial charge in [0.05, 0.1) is 21.4 Å². The topological polar surface area (TPSA) is 80.4 Å². The number of aliphatic carboxylic acids is 1. The molecular formula is C10H9BrFNO4. The van der Waals surface area contributed by atoms with Crippen molar-refractivity contribution in [2.45, 2.75) is 19.3 Å². The first-order valence-corrected chi connectivity index (χ1v) is 5.53. The van der Waals surface area contributed by atoms with Crippen molar-refractivity contribution in [2.24, 2.45) is 0 Å². The maximum atomic E-state index is 13.2. The van der Waals surface area contributed by atoms with Crippen molar-refractivity contribution in [3.8, 4) is 0 Å². The molecule has 0 heterocycles. The predicted octanol–water partition coefficient (Wildman–Crippen LogP) is 3.07. The van der Waals surface area contributed by atoms with Crippen molar-refractivity contribution in [3.05, 3.63) is 38.1 Å². The number of nitro benzene ring substituents is 1. The quantitative estimate of drug-likeness (QED) is 0.684. The molecule has 17 heavy (non-hydrogen) atoms. The van der Waals surface area contributed by atoms with Gasteiger partial charge in [0.15, 0.2) is 0 Å². The van der Waals surface area contributed by atoms with Crippen molar-refractivity contribution >= 4 is 27.6 Å². The normalized spacial score (nSPS) is 12.2. The highest BCUT2D eigenvalue weighted by Gasteiger charge is 2.28. The van der Waals surface area contributed by atoms with Gasteiger partial charge in [-0.1, -0.05) is 6.92 Å². The summed E-state index contributed by atoms with van der Waals surface area (Å²) in [7, 11) is 0. The van der Waals surface area contributed by atoms with E-state index in [4.69, 9.17) is 5.11 Å². The molecule has 0 amide bonds. The fourth-order valence-corrected chi connectivity index (χ4v) is 1.88. The zero-order valence-electron chi connectivity index (χ0n) is 8.81. The Kier molecular flexibility index (Phi) is 4.17. The third-order valence-corrected chi connectivity index (χ3v) is 2.96. The summed E-state index contributed by atoms with van der Waals surface area (Å²) < 4.78 is 13.2. The molecule has 1 rings (SSSR count). The molecule has 1 aromatic rings. The second-order valence-electron chi connectivity index (χ2n) is 3.38. The van der Waals surface area contributed by atoms with E-state index in [1.54, 1.807) is 6.92 Å². The molecule has 0 spiro atoms. The molecule has 1 atom stereocenters. The molecule has 0 aromatic heterocycles. The van der Waals surface area contributed by atoms with E-state index in [1.165, 1.54) is 0 Å². The molecule has 0 aliphatic heterocycles. The molecule has 5 nitrogen and oxygen atoms in total. The van der Waals surface area contributed by atoms with Crippen LogP contribution in [0, 0.1) is 15.9 Å². The van der Waals surface area contributed by atoms with E-state index >= 15 is 0 Å². The van der Waals surface area contributed by atoms with Crippen molar-refractivity contribution in [1.82, 2.24) is 0 Å². The van der Waals surface area contributed by atoms with Gasteiger partial charge in [-0.15, -0.1) is 0 Å². The summed E-state index contributed by atoms with van der Waals surface area (Å²) in [5.41, 5.74) is -0.516. The Hall–Kier alpha value is -1.50. The van der Waals surface area contributed by atoms with Crippen LogP contribution in [-0.2, 0) is 4.79 Å². The van der Waals surface area contributed by atoms with E-state index < -0.39 is 28.3 Å². The molecule has 1 aromatic carbocycles. The van der Waals surface area contributed by atoms with Crippen LogP contribution >= 0.6 is 15.9 Å². The van der Waals surface area contributed by atoms with E-state index in [1.807, 2.05) is 0 Å². The van der Waals surface area contributed by atoms with Crippen LogP contribution in [0.3, 0.4) is 0 Å². The van der Waals surface area contributed by atoms with Gasteiger partial charge in [-0.3, -0.25) is 14.9 Å². The van der Waals surface area contributed by atoms with E-state index in [-0.39, 0.29) is 16.5 Å². The number of nitro groups is 1. The summed E-state index contributed by atoms with van der Waals surface area (Å²) >= 11 is 2.89. The number of benzene rings is 1. The van der Waals surface area contributed by atoms with Gasteiger partial charge in [-0.05, 0) is 28.4 Å². The minimum Gasteiger partial charge on any atom is -0.481 e. The molecule has 92 valence electrons. The summed E-state index contributed by atoms with van der Waals surface area (Å²) in [5, 5.41) is 19.7. The van der Waals surface area contributed by atoms with Crippen LogP contribution in [-0.4, -0.2) is 16.0 Å². The van der Waals surface area contributed by atoms with Gasteiger partial charge >= 0.3 is 5.97 Å². The van der Waals surface area contributed by atoms with Crippen LogP contribution in [0.4, 0.5) is 10.1 Å². The molecule has 0 bridgehead atoms. The Bertz CT molecular complexity index is 478. The molecule has 1 N–H and O–H groups in total. The van der Waals surface area contributed by atoms with E-state index in [0.717, 1.165) is 12.1 Å². The molecule has 0 radical (unpaired) electrons. The van der Waals surface area contributed by atoms with Crippen LogP contribution < -0.4 is 0 Å². The van der Waals surface area contributed by atoms with Crippen molar-refractivity contribution < 1.29 is 19.2 Å². The van der Waals surface area contributed by atoms with Crippen LogP contribution in [0.5, 0.6) is 0 Å². The second-order valence-corrected chi connectivity index (χ2v) is 4.24. The average Bonchev–Trinajstić information content (AvgIpc) is 2.22. The van der Waals surface area contributed by atoms with Crippen LogP contribution in [0.2, 0.25) is 0 Å². The molecule has 0 fully saturated rings. The van der Waals surface area contributed by atoms with Gasteiger partial charge in [0.2, 0.25) is 0 Å². The van der Waals surface area contributed by atoms with Crippen molar-refractivity contribution in [3.63, 3.8) is 0 Å². The molecule has 0 aliphatic rings. The van der Waals surface area contributed by atoms with Crippen molar-refractivity contribution in [2.75, 3.05) is 0 Å². The standard InChI is InChI=1S/C10H9BrFNO4/c1-2-5(10(14)15)6-3-7(11)8(12)4-9(6)13(16)17/h3-5H,2H2,1H3,(H,14,15). The minimum absolute atomic E-state index is 0.00160. The van der Waals surface area contributed by atoms with E-state index in [9.17, 15) is 19.3 Å². The molecular weight excluding hydrogens is 297 g/mol. The molecule has 0 aliphatic carbocycles. The van der Waals surface area contributed by atoms with Gasteiger partial charge in [-0.25, -0.2) is 4.39 Å². The van der Waals surface area contributed by atoms with Crippen LogP contribution in [0.1, 0.15) is 24.8 Å². The Morgan fingerprint density at radius 2 is 2.24 bits per heavy atom. The molecule has 1 unspecified atom stereocenters. The van der Waals surface area contributed by atoms with Gasteiger partial charge in [0, 0.05) is 5.56 Å². The highest BCUT2D eigenvalue weighted by atomic mass is 79.9. The van der Waals surface area contributed by atoms with Gasteiger partial charge in [0.1, 0.15) is 5.82 Å². The first-order chi connectivity index (χ1) is 7.88. The number of nitrogens with zero attached hydrogens (tertiary/aromatic N) is 1. The first kappa shape index (κ1) is 13.6. The number of halogens is 2. The Balaban J connectivity index is 3.44. The maximum absolute atomic E-state index is 13.2. The second kappa shape index (κ2) is 5.22. The maximum Gasteiger partial charge on any atom is 0.311 e. The summed E-state index contributed by atoms with van der Waals surface area (Å²) in [6.45, 7) is 1.60. The van der Waals surface area contributed by atoms with Crippen molar-refractivity contribution in [1.29, 1.82) is 0 Å². The monoisotopic (exact) mass is 305 g/mol. The Morgan fingerprint density at radius 1 is 1.65 bits per heavy atom. The number of hydrogen-bond acceptors (Lipinski definition) is 3. The number of carbonyl (C=O) groups is 1. The highest BCUT2D eigenvalue weighted by molar-refractivity contribution is 9.10. The lowest BCUT2D eigenvalue weighted by molar-refractivity contribution is -0.385. The fourth-order valence-electron chi connectivity index (χ4n) is 1.52. The number of carboxylic acids is 1. The summed E-state index contributed by atoms with van der Waals surface area (Å²) in [4.78, 5) is 20.9. The van der Waals surface area contributed by atoms with Gasteiger partial charge in [-0.2, -0.15) is 0 Å². The number of carboxylic acid groups (broad SMARTS) is 1. The summed E-state index contributed by atoms with van der Waals surface area (Å²) in [6, 6.07) is 1.88. The summed E-state index contributed by atoms with van der Waals surface area (Å²) in [5.74, 6) is -2.98. The predicted molar refractivity (Wildman–Crippen MR) is 61.4 cm³/mol. The first-order valence-electron chi connectivity index (χ1n) is 4.74. The smallest absolute Gasteiger partial charge is 0.311 e. The zero-order valence-corrected chi connectivity index (χ0v) is 10.4. The average molecular weight is 306 g/mol. The van der Waals surface area contributed by atoms with Gasteiger partial charge < -0.3 is 5.11 Å². The Morgan fingerprint density at radius 3 is 2.65 bits per heavy atom. The third-order valence-electron chi connectivity index (χ3n) is 2.35. The molecule has 7 heteroatoms. The lowest BCUT2D eigenvalue weighted by Crippen LogP contribution is -2.13. The molecule has 0 saturated carbocycles. The lowest BCUT2D eigenvalue weighted by Gasteiger charge is -2.11. The number of rotatable bonds is 4. The van der Waals surface area contributed by atoms with E-state index in [2.05, 4.69) is 15.9 Å².